The zero-order valence-corrected chi connectivity index (χ0v) is 13.6. The lowest BCUT2D eigenvalue weighted by atomic mass is 9.88. The van der Waals surface area contributed by atoms with Crippen molar-refractivity contribution < 1.29 is 18.7 Å². The average molecular weight is 345 g/mol. The molecule has 3 amide bonds. The van der Waals surface area contributed by atoms with Gasteiger partial charge in [0.1, 0.15) is 11.6 Å². The number of methoxy groups -OCH3 is 1. The molecule has 130 valence electrons. The molecule has 1 unspecified atom stereocenters. The summed E-state index contributed by atoms with van der Waals surface area (Å²) in [4.78, 5) is 36.8. The number of halogens is 1. The molecule has 2 aromatic rings. The van der Waals surface area contributed by atoms with Gasteiger partial charge < -0.3 is 14.6 Å². The SMILES string of the molecule is COc1cc(F)ccc1C1(Cn2cccc(C)c2=O)NC(=O)NC1=O. The Morgan fingerprint density at radius 1 is 1.24 bits per heavy atom. The number of aryl methyl sites for hydroxylation is 1. The third-order valence-electron chi connectivity index (χ3n) is 4.18. The van der Waals surface area contributed by atoms with Gasteiger partial charge in [-0.1, -0.05) is 6.07 Å². The molecule has 1 aliphatic rings. The van der Waals surface area contributed by atoms with Crippen LogP contribution in [0.2, 0.25) is 0 Å². The van der Waals surface area contributed by atoms with Gasteiger partial charge in [-0.3, -0.25) is 14.9 Å². The van der Waals surface area contributed by atoms with Crippen LogP contribution in [0.1, 0.15) is 11.1 Å². The van der Waals surface area contributed by atoms with Crippen molar-refractivity contribution in [1.29, 1.82) is 0 Å². The molecule has 0 bridgehead atoms. The minimum Gasteiger partial charge on any atom is -0.496 e. The zero-order chi connectivity index (χ0) is 18.2. The fourth-order valence-electron chi connectivity index (χ4n) is 2.93. The minimum atomic E-state index is -1.59. The largest absolute Gasteiger partial charge is 0.496 e. The predicted molar refractivity (Wildman–Crippen MR) is 86.7 cm³/mol. The van der Waals surface area contributed by atoms with Crippen LogP contribution < -0.4 is 20.9 Å². The number of aromatic nitrogens is 1. The number of carbonyl (C=O) groups excluding carboxylic acids is 2. The number of rotatable bonds is 4. The number of amides is 3. The number of hydrogen-bond donors (Lipinski definition) is 2. The van der Waals surface area contributed by atoms with Gasteiger partial charge in [-0.25, -0.2) is 9.18 Å². The maximum atomic E-state index is 13.5. The van der Waals surface area contributed by atoms with E-state index in [9.17, 15) is 18.8 Å². The van der Waals surface area contributed by atoms with Gasteiger partial charge in [0.2, 0.25) is 0 Å². The molecule has 0 saturated carbocycles. The average Bonchev–Trinajstić information content (AvgIpc) is 2.86. The van der Waals surface area contributed by atoms with Crippen molar-refractivity contribution in [3.8, 4) is 5.75 Å². The lowest BCUT2D eigenvalue weighted by molar-refractivity contribution is -0.124. The van der Waals surface area contributed by atoms with Gasteiger partial charge in [-0.2, -0.15) is 0 Å². The molecule has 2 N–H and O–H groups in total. The van der Waals surface area contributed by atoms with E-state index in [0.717, 1.165) is 12.1 Å². The second-order valence-electron chi connectivity index (χ2n) is 5.78. The highest BCUT2D eigenvalue weighted by Gasteiger charge is 2.50. The molecule has 7 nitrogen and oxygen atoms in total. The highest BCUT2D eigenvalue weighted by Crippen LogP contribution is 2.34. The number of nitrogens with one attached hydrogen (secondary N) is 2. The minimum absolute atomic E-state index is 0.0954. The van der Waals surface area contributed by atoms with Crippen LogP contribution in [-0.4, -0.2) is 23.6 Å². The molecule has 1 fully saturated rings. The normalized spacial score (nSPS) is 19.5. The van der Waals surface area contributed by atoms with Crippen LogP contribution in [-0.2, 0) is 16.9 Å². The fraction of sp³-hybridized carbons (Fsp3) is 0.235. The van der Waals surface area contributed by atoms with Gasteiger partial charge in [-0.15, -0.1) is 0 Å². The molecule has 3 rings (SSSR count). The Bertz CT molecular complexity index is 924. The van der Waals surface area contributed by atoms with Crippen molar-refractivity contribution in [2.75, 3.05) is 7.11 Å². The topological polar surface area (TPSA) is 89.4 Å². The summed E-state index contributed by atoms with van der Waals surface area (Å²) < 4.78 is 20.0. The van der Waals surface area contributed by atoms with Crippen molar-refractivity contribution in [2.45, 2.75) is 19.0 Å². The van der Waals surface area contributed by atoms with E-state index in [1.165, 1.54) is 23.9 Å². The molecular formula is C17H16FN3O4. The third kappa shape index (κ3) is 2.75. The van der Waals surface area contributed by atoms with Crippen LogP contribution in [0.25, 0.3) is 0 Å². The molecule has 1 saturated heterocycles. The van der Waals surface area contributed by atoms with E-state index >= 15 is 0 Å². The van der Waals surface area contributed by atoms with Crippen molar-refractivity contribution in [3.05, 3.63) is 63.8 Å². The fourth-order valence-corrected chi connectivity index (χ4v) is 2.93. The summed E-state index contributed by atoms with van der Waals surface area (Å²) in [7, 11) is 1.33. The van der Waals surface area contributed by atoms with E-state index < -0.39 is 23.3 Å². The predicted octanol–water partition coefficient (Wildman–Crippen LogP) is 1.04. The summed E-state index contributed by atoms with van der Waals surface area (Å²) in [5.41, 5.74) is -1.13. The van der Waals surface area contributed by atoms with E-state index in [-0.39, 0.29) is 23.4 Å². The summed E-state index contributed by atoms with van der Waals surface area (Å²) in [6.07, 6.45) is 1.52. The summed E-state index contributed by atoms with van der Waals surface area (Å²) in [6.45, 7) is 1.49. The van der Waals surface area contributed by atoms with Gasteiger partial charge >= 0.3 is 6.03 Å². The zero-order valence-electron chi connectivity index (χ0n) is 13.6. The molecule has 0 radical (unpaired) electrons. The molecular weight excluding hydrogens is 329 g/mol. The Morgan fingerprint density at radius 3 is 2.64 bits per heavy atom. The van der Waals surface area contributed by atoms with E-state index in [0.29, 0.717) is 5.56 Å². The lowest BCUT2D eigenvalue weighted by Gasteiger charge is -2.29. The Morgan fingerprint density at radius 2 is 2.00 bits per heavy atom. The number of carbonyl (C=O) groups is 2. The molecule has 1 atom stereocenters. The first-order valence-corrected chi connectivity index (χ1v) is 7.51. The van der Waals surface area contributed by atoms with Gasteiger partial charge in [0.15, 0.2) is 5.54 Å². The maximum Gasteiger partial charge on any atom is 0.322 e. The van der Waals surface area contributed by atoms with Crippen LogP contribution >= 0.6 is 0 Å². The number of hydrogen-bond acceptors (Lipinski definition) is 4. The molecule has 1 aromatic carbocycles. The Hall–Kier alpha value is -3.16. The van der Waals surface area contributed by atoms with Crippen molar-refractivity contribution in [1.82, 2.24) is 15.2 Å². The van der Waals surface area contributed by atoms with Crippen molar-refractivity contribution in [2.24, 2.45) is 0 Å². The molecule has 8 heteroatoms. The van der Waals surface area contributed by atoms with Crippen LogP contribution in [0.3, 0.4) is 0 Å². The number of urea groups is 1. The van der Waals surface area contributed by atoms with Gasteiger partial charge in [0.25, 0.3) is 11.5 Å². The highest BCUT2D eigenvalue weighted by molar-refractivity contribution is 6.07. The lowest BCUT2D eigenvalue weighted by Crippen LogP contribution is -2.49. The summed E-state index contributed by atoms with van der Waals surface area (Å²) >= 11 is 0. The first kappa shape index (κ1) is 16.7. The highest BCUT2D eigenvalue weighted by atomic mass is 19.1. The Labute approximate surface area is 142 Å². The molecule has 2 heterocycles. The first-order valence-electron chi connectivity index (χ1n) is 7.51. The standard InChI is InChI=1S/C17H16FN3O4/c1-10-4-3-7-21(14(10)22)9-17(15(23)19-16(24)20-17)12-6-5-11(18)8-13(12)25-2/h3-8H,9H2,1-2H3,(H2,19,20,23,24). The number of nitrogens with zero attached hydrogens (tertiary/aromatic N) is 1. The van der Waals surface area contributed by atoms with E-state index in [4.69, 9.17) is 4.74 Å². The van der Waals surface area contributed by atoms with E-state index in [1.54, 1.807) is 19.1 Å². The van der Waals surface area contributed by atoms with Crippen molar-refractivity contribution in [3.63, 3.8) is 0 Å². The Balaban J connectivity index is 2.19. The third-order valence-corrected chi connectivity index (χ3v) is 4.18. The quantitative estimate of drug-likeness (QED) is 0.811. The van der Waals surface area contributed by atoms with E-state index in [2.05, 4.69) is 10.6 Å². The molecule has 1 aromatic heterocycles. The maximum absolute atomic E-state index is 13.5. The van der Waals surface area contributed by atoms with Gasteiger partial charge in [-0.05, 0) is 25.1 Å². The molecule has 1 aliphatic heterocycles. The molecule has 0 spiro atoms. The van der Waals surface area contributed by atoms with Gasteiger partial charge in [0.05, 0.1) is 13.7 Å². The molecule has 0 aliphatic carbocycles. The van der Waals surface area contributed by atoms with E-state index in [1.807, 2.05) is 0 Å². The second-order valence-corrected chi connectivity index (χ2v) is 5.78. The summed E-state index contributed by atoms with van der Waals surface area (Å²) in [5, 5.41) is 4.73. The van der Waals surface area contributed by atoms with Crippen molar-refractivity contribution >= 4 is 11.9 Å². The van der Waals surface area contributed by atoms with Crippen LogP contribution in [0.5, 0.6) is 5.75 Å². The van der Waals surface area contributed by atoms with Crippen LogP contribution in [0.4, 0.5) is 9.18 Å². The Kier molecular flexibility index (Phi) is 4.03. The van der Waals surface area contributed by atoms with Crippen LogP contribution in [0, 0.1) is 12.7 Å². The smallest absolute Gasteiger partial charge is 0.322 e. The number of ether oxygens (including phenoxy) is 1. The number of imide groups is 1. The summed E-state index contributed by atoms with van der Waals surface area (Å²) in [6, 6.07) is 6.26. The molecule has 25 heavy (non-hydrogen) atoms. The van der Waals surface area contributed by atoms with Gasteiger partial charge in [0, 0.05) is 23.4 Å². The number of benzene rings is 1. The number of pyridine rings is 1. The first-order chi connectivity index (χ1) is 11.9. The monoisotopic (exact) mass is 345 g/mol. The second kappa shape index (κ2) is 6.04. The summed E-state index contributed by atoms with van der Waals surface area (Å²) in [5.74, 6) is -1.10. The van der Waals surface area contributed by atoms with Crippen LogP contribution in [0.15, 0.2) is 41.3 Å².